The van der Waals surface area contributed by atoms with Gasteiger partial charge in [-0.05, 0) is 59.3 Å². The number of nitrogens with one attached hydrogen (secondary N) is 2. The Hall–Kier alpha value is -2.45. The molecule has 1 fully saturated rings. The summed E-state index contributed by atoms with van der Waals surface area (Å²) >= 11 is 0. The number of rotatable bonds is 6. The summed E-state index contributed by atoms with van der Waals surface area (Å²) in [6, 6.07) is 4.66. The Kier molecular flexibility index (Phi) is 6.19. The van der Waals surface area contributed by atoms with Crippen molar-refractivity contribution in [1.82, 2.24) is 15.5 Å². The standard InChI is InChI=1S/C22H31N3O5/c1-21(2)16-9-8-14(11-15(16)20(29)30-21)18(27)24-22(3,13-26)12-23-19(28)17-7-5-6-10-25(17)4/h8-9,11,17,26H,5-7,10,12-13H2,1-4H3,(H,23,28)(H,24,27). The van der Waals surface area contributed by atoms with E-state index in [1.54, 1.807) is 32.9 Å². The van der Waals surface area contributed by atoms with Gasteiger partial charge in [-0.15, -0.1) is 0 Å². The first-order valence-electron chi connectivity index (χ1n) is 10.4. The van der Waals surface area contributed by atoms with Crippen molar-refractivity contribution in [2.24, 2.45) is 0 Å². The molecular formula is C22H31N3O5. The number of hydrogen-bond acceptors (Lipinski definition) is 6. The van der Waals surface area contributed by atoms with Gasteiger partial charge in [0, 0.05) is 17.7 Å². The van der Waals surface area contributed by atoms with Crippen molar-refractivity contribution in [1.29, 1.82) is 0 Å². The number of likely N-dealkylation sites (N-methyl/N-ethyl adjacent to an activating group) is 1. The number of nitrogens with zero attached hydrogens (tertiary/aromatic N) is 1. The first-order chi connectivity index (χ1) is 14.1. The van der Waals surface area contributed by atoms with E-state index in [1.165, 1.54) is 6.07 Å². The van der Waals surface area contributed by atoms with Crippen LogP contribution in [0.1, 0.15) is 66.3 Å². The molecule has 0 aliphatic carbocycles. The van der Waals surface area contributed by atoms with Crippen molar-refractivity contribution in [3.05, 3.63) is 34.9 Å². The maximum Gasteiger partial charge on any atom is 0.339 e. The lowest BCUT2D eigenvalue weighted by Crippen LogP contribution is -2.58. The van der Waals surface area contributed by atoms with Gasteiger partial charge < -0.3 is 20.5 Å². The van der Waals surface area contributed by atoms with Crippen LogP contribution >= 0.6 is 0 Å². The number of cyclic esters (lactones) is 1. The van der Waals surface area contributed by atoms with Gasteiger partial charge in [0.2, 0.25) is 5.91 Å². The topological polar surface area (TPSA) is 108 Å². The Balaban J connectivity index is 1.66. The van der Waals surface area contributed by atoms with E-state index in [1.807, 2.05) is 11.9 Å². The predicted octanol–water partition coefficient (Wildman–Crippen LogP) is 1.17. The van der Waals surface area contributed by atoms with Crippen LogP contribution in [0.4, 0.5) is 0 Å². The molecule has 3 rings (SSSR count). The fraction of sp³-hybridized carbons (Fsp3) is 0.591. The van der Waals surface area contributed by atoms with Crippen LogP contribution in [-0.4, -0.2) is 66.1 Å². The molecule has 1 saturated heterocycles. The third-order valence-corrected chi connectivity index (χ3v) is 5.99. The molecule has 1 aromatic carbocycles. The highest BCUT2D eigenvalue weighted by atomic mass is 16.6. The molecule has 1 aromatic rings. The van der Waals surface area contributed by atoms with Gasteiger partial charge in [0.25, 0.3) is 5.91 Å². The minimum atomic E-state index is -1.04. The zero-order valence-electron chi connectivity index (χ0n) is 18.1. The van der Waals surface area contributed by atoms with Gasteiger partial charge in [-0.2, -0.15) is 0 Å². The first-order valence-corrected chi connectivity index (χ1v) is 10.4. The minimum absolute atomic E-state index is 0.0957. The smallest absolute Gasteiger partial charge is 0.339 e. The van der Waals surface area contributed by atoms with Gasteiger partial charge in [0.1, 0.15) is 5.60 Å². The molecule has 8 nitrogen and oxygen atoms in total. The number of ether oxygens (including phenoxy) is 1. The maximum absolute atomic E-state index is 12.8. The summed E-state index contributed by atoms with van der Waals surface area (Å²) < 4.78 is 5.35. The molecule has 2 aliphatic rings. The van der Waals surface area contributed by atoms with Crippen molar-refractivity contribution in [2.45, 2.75) is 57.2 Å². The van der Waals surface area contributed by atoms with Crippen molar-refractivity contribution in [2.75, 3.05) is 26.7 Å². The Morgan fingerprint density at radius 2 is 2.07 bits per heavy atom. The number of piperidine rings is 1. The lowest BCUT2D eigenvalue weighted by Gasteiger charge is -2.33. The molecule has 3 N–H and O–H groups in total. The fourth-order valence-corrected chi connectivity index (χ4v) is 4.01. The molecule has 2 heterocycles. The third kappa shape index (κ3) is 4.49. The highest BCUT2D eigenvalue weighted by Gasteiger charge is 2.38. The Morgan fingerprint density at radius 1 is 1.33 bits per heavy atom. The highest BCUT2D eigenvalue weighted by Crippen LogP contribution is 2.36. The van der Waals surface area contributed by atoms with E-state index in [0.29, 0.717) is 11.1 Å². The average Bonchev–Trinajstić information content (AvgIpc) is 2.94. The van der Waals surface area contributed by atoms with Crippen LogP contribution in [0, 0.1) is 0 Å². The van der Waals surface area contributed by atoms with Crippen molar-refractivity contribution in [3.8, 4) is 0 Å². The lowest BCUT2D eigenvalue weighted by molar-refractivity contribution is -0.127. The molecule has 0 radical (unpaired) electrons. The van der Waals surface area contributed by atoms with E-state index < -0.39 is 23.0 Å². The fourth-order valence-electron chi connectivity index (χ4n) is 4.01. The van der Waals surface area contributed by atoms with Crippen LogP contribution in [0.5, 0.6) is 0 Å². The third-order valence-electron chi connectivity index (χ3n) is 5.99. The largest absolute Gasteiger partial charge is 0.451 e. The molecule has 2 atom stereocenters. The van der Waals surface area contributed by atoms with Gasteiger partial charge in [0.05, 0.1) is 23.8 Å². The molecule has 0 aromatic heterocycles. The van der Waals surface area contributed by atoms with Gasteiger partial charge in [-0.25, -0.2) is 4.79 Å². The quantitative estimate of drug-likeness (QED) is 0.600. The molecule has 2 amide bonds. The molecule has 164 valence electrons. The van der Waals surface area contributed by atoms with E-state index in [0.717, 1.165) is 31.4 Å². The summed E-state index contributed by atoms with van der Waals surface area (Å²) in [5, 5.41) is 15.5. The molecule has 8 heteroatoms. The van der Waals surface area contributed by atoms with E-state index >= 15 is 0 Å². The summed E-state index contributed by atoms with van der Waals surface area (Å²) in [7, 11) is 1.93. The van der Waals surface area contributed by atoms with Crippen LogP contribution in [-0.2, 0) is 15.1 Å². The number of carbonyl (C=O) groups excluding carboxylic acids is 3. The van der Waals surface area contributed by atoms with E-state index in [2.05, 4.69) is 10.6 Å². The number of benzene rings is 1. The second kappa shape index (κ2) is 8.35. The zero-order chi connectivity index (χ0) is 22.1. The van der Waals surface area contributed by atoms with Crippen LogP contribution in [0.3, 0.4) is 0 Å². The monoisotopic (exact) mass is 417 g/mol. The molecule has 0 spiro atoms. The van der Waals surface area contributed by atoms with Crippen LogP contribution < -0.4 is 10.6 Å². The Morgan fingerprint density at radius 3 is 2.73 bits per heavy atom. The molecular weight excluding hydrogens is 386 g/mol. The normalized spacial score (nSPS) is 22.6. The number of aliphatic hydroxyl groups is 1. The second-order valence-electron chi connectivity index (χ2n) is 9.04. The molecule has 2 aliphatic heterocycles. The summed E-state index contributed by atoms with van der Waals surface area (Å²) in [5.74, 6) is -0.997. The van der Waals surface area contributed by atoms with Gasteiger partial charge >= 0.3 is 5.97 Å². The number of aliphatic hydroxyl groups excluding tert-OH is 1. The summed E-state index contributed by atoms with van der Waals surface area (Å²) in [6.45, 7) is 5.89. The van der Waals surface area contributed by atoms with Gasteiger partial charge in [-0.1, -0.05) is 12.5 Å². The van der Waals surface area contributed by atoms with Crippen molar-refractivity contribution < 1.29 is 24.2 Å². The average molecular weight is 418 g/mol. The summed E-state index contributed by atoms with van der Waals surface area (Å²) in [6.07, 6.45) is 2.89. The number of esters is 1. The molecule has 0 saturated carbocycles. The number of carbonyl (C=O) groups is 3. The molecule has 30 heavy (non-hydrogen) atoms. The number of likely N-dealkylation sites (tertiary alicyclic amines) is 1. The SMILES string of the molecule is CN1CCCCC1C(=O)NCC(C)(CO)NC(=O)c1ccc2c(c1)C(=O)OC2(C)C. The van der Waals surface area contributed by atoms with Crippen LogP contribution in [0.25, 0.3) is 0 Å². The molecule has 2 unspecified atom stereocenters. The molecule has 0 bridgehead atoms. The second-order valence-corrected chi connectivity index (χ2v) is 9.04. The lowest BCUT2D eigenvalue weighted by atomic mass is 9.94. The van der Waals surface area contributed by atoms with Crippen LogP contribution in [0.15, 0.2) is 18.2 Å². The van der Waals surface area contributed by atoms with E-state index in [4.69, 9.17) is 4.74 Å². The van der Waals surface area contributed by atoms with Crippen LogP contribution in [0.2, 0.25) is 0 Å². The minimum Gasteiger partial charge on any atom is -0.451 e. The van der Waals surface area contributed by atoms with E-state index in [-0.39, 0.29) is 25.1 Å². The summed E-state index contributed by atoms with van der Waals surface area (Å²) in [4.78, 5) is 39.5. The number of fused-ring (bicyclic) bond motifs is 1. The zero-order valence-corrected chi connectivity index (χ0v) is 18.1. The first kappa shape index (κ1) is 22.2. The number of amides is 2. The van der Waals surface area contributed by atoms with Gasteiger partial charge in [-0.3, -0.25) is 14.5 Å². The van der Waals surface area contributed by atoms with Gasteiger partial charge in [0.15, 0.2) is 0 Å². The predicted molar refractivity (Wildman–Crippen MR) is 111 cm³/mol. The summed E-state index contributed by atoms with van der Waals surface area (Å²) in [5.41, 5.74) is -0.373. The number of hydrogen-bond donors (Lipinski definition) is 3. The van der Waals surface area contributed by atoms with Crippen molar-refractivity contribution >= 4 is 17.8 Å². The van der Waals surface area contributed by atoms with Crippen molar-refractivity contribution in [3.63, 3.8) is 0 Å². The maximum atomic E-state index is 12.8. The van der Waals surface area contributed by atoms with E-state index in [9.17, 15) is 19.5 Å². The Bertz CT molecular complexity index is 853. The highest BCUT2D eigenvalue weighted by molar-refractivity contribution is 6.00. The Labute approximate surface area is 177 Å².